The zero-order valence-electron chi connectivity index (χ0n) is 6.90. The Morgan fingerprint density at radius 3 is 2.60 bits per heavy atom. The van der Waals surface area contributed by atoms with Crippen molar-refractivity contribution in [2.24, 2.45) is 0 Å². The summed E-state index contributed by atoms with van der Waals surface area (Å²) in [5, 5.41) is 2.89. The minimum absolute atomic E-state index is 0.203. The number of carbonyl (C=O) groups is 1. The van der Waals surface area contributed by atoms with Gasteiger partial charge in [0.1, 0.15) is 0 Å². The van der Waals surface area contributed by atoms with Gasteiger partial charge in [0.05, 0.1) is 0 Å². The normalized spacial score (nSPS) is 11.3. The van der Waals surface area contributed by atoms with Crippen molar-refractivity contribution in [1.82, 2.24) is 5.32 Å². The maximum Gasteiger partial charge on any atom is 0.157 e. The molecule has 0 heterocycles. The predicted octanol–water partition coefficient (Wildman–Crippen LogP) is 1.48. The van der Waals surface area contributed by atoms with Gasteiger partial charge in [-0.15, -0.1) is 0 Å². The van der Waals surface area contributed by atoms with Gasteiger partial charge in [-0.3, -0.25) is 4.79 Å². The van der Waals surface area contributed by atoms with Crippen LogP contribution >= 0.6 is 0 Å². The van der Waals surface area contributed by atoms with Crippen LogP contribution in [0.25, 0.3) is 0 Å². The van der Waals surface area contributed by atoms with Crippen LogP contribution in [-0.2, 0) is 4.79 Å². The molecular formula is C8H15NO. The minimum atomic E-state index is 0.203. The van der Waals surface area contributed by atoms with Gasteiger partial charge in [-0.25, -0.2) is 0 Å². The minimum Gasteiger partial charge on any atom is -0.392 e. The first kappa shape index (κ1) is 9.21. The molecule has 58 valence electrons. The molecule has 0 amide bonds. The Labute approximate surface area is 62.3 Å². The molecule has 2 nitrogen and oxygen atoms in total. The van der Waals surface area contributed by atoms with E-state index in [-0.39, 0.29) is 5.78 Å². The van der Waals surface area contributed by atoms with E-state index in [2.05, 4.69) is 5.32 Å². The zero-order valence-corrected chi connectivity index (χ0v) is 6.90. The molecule has 0 unspecified atom stereocenters. The number of allylic oxidation sites excluding steroid dienone is 2. The number of hydrogen-bond donors (Lipinski definition) is 1. The van der Waals surface area contributed by atoms with Crippen molar-refractivity contribution < 1.29 is 4.79 Å². The van der Waals surface area contributed by atoms with E-state index in [0.29, 0.717) is 6.42 Å². The predicted molar refractivity (Wildman–Crippen MR) is 42.7 cm³/mol. The van der Waals surface area contributed by atoms with Crippen molar-refractivity contribution >= 4 is 5.78 Å². The van der Waals surface area contributed by atoms with Gasteiger partial charge >= 0.3 is 0 Å². The molecular weight excluding hydrogens is 126 g/mol. The van der Waals surface area contributed by atoms with Gasteiger partial charge in [-0.1, -0.05) is 6.92 Å². The maximum atomic E-state index is 10.9. The molecule has 0 aliphatic rings. The Morgan fingerprint density at radius 2 is 2.20 bits per heavy atom. The highest BCUT2D eigenvalue weighted by Gasteiger charge is 1.93. The molecule has 0 aliphatic carbocycles. The van der Waals surface area contributed by atoms with Crippen LogP contribution in [0, 0.1) is 0 Å². The van der Waals surface area contributed by atoms with Gasteiger partial charge in [0, 0.05) is 19.2 Å². The lowest BCUT2D eigenvalue weighted by Gasteiger charge is -1.96. The van der Waals surface area contributed by atoms with Gasteiger partial charge in [-0.2, -0.15) is 0 Å². The summed E-state index contributed by atoms with van der Waals surface area (Å²) in [6.07, 6.45) is 3.22. The highest BCUT2D eigenvalue weighted by Crippen LogP contribution is 1.93. The third kappa shape index (κ3) is 4.13. The van der Waals surface area contributed by atoms with Crippen LogP contribution in [0.3, 0.4) is 0 Å². The highest BCUT2D eigenvalue weighted by molar-refractivity contribution is 5.90. The molecule has 0 aliphatic heterocycles. The van der Waals surface area contributed by atoms with E-state index in [4.69, 9.17) is 0 Å². The molecule has 0 spiro atoms. The van der Waals surface area contributed by atoms with E-state index in [1.807, 2.05) is 20.9 Å². The first-order valence-electron chi connectivity index (χ1n) is 3.59. The third-order valence-corrected chi connectivity index (χ3v) is 1.27. The molecule has 0 bridgehead atoms. The second-order valence-corrected chi connectivity index (χ2v) is 2.29. The van der Waals surface area contributed by atoms with Crippen LogP contribution in [0.2, 0.25) is 0 Å². The molecule has 0 saturated carbocycles. The van der Waals surface area contributed by atoms with Gasteiger partial charge < -0.3 is 5.32 Å². The second kappa shape index (κ2) is 5.03. The van der Waals surface area contributed by atoms with Crippen molar-refractivity contribution in [3.63, 3.8) is 0 Å². The number of hydrogen-bond acceptors (Lipinski definition) is 2. The quantitative estimate of drug-likeness (QED) is 0.601. The van der Waals surface area contributed by atoms with E-state index in [0.717, 1.165) is 12.1 Å². The lowest BCUT2D eigenvalue weighted by Crippen LogP contribution is -2.04. The van der Waals surface area contributed by atoms with Crippen molar-refractivity contribution in [3.8, 4) is 0 Å². The van der Waals surface area contributed by atoms with Crippen molar-refractivity contribution in [1.29, 1.82) is 0 Å². The largest absolute Gasteiger partial charge is 0.392 e. The second-order valence-electron chi connectivity index (χ2n) is 2.29. The SMILES string of the molecule is CCCC(=O)/C=C(/C)NC. The number of rotatable bonds is 4. The molecule has 0 aromatic rings. The number of ketones is 1. The molecule has 0 fully saturated rings. The Kier molecular flexibility index (Phi) is 4.63. The van der Waals surface area contributed by atoms with Crippen molar-refractivity contribution in [2.75, 3.05) is 7.05 Å². The molecule has 1 N–H and O–H groups in total. The Bertz CT molecular complexity index is 138. The van der Waals surface area contributed by atoms with E-state index >= 15 is 0 Å². The average molecular weight is 141 g/mol. The fourth-order valence-corrected chi connectivity index (χ4v) is 0.632. The number of nitrogens with one attached hydrogen (secondary N) is 1. The number of carbonyl (C=O) groups excluding carboxylic acids is 1. The maximum absolute atomic E-state index is 10.9. The Balaban J connectivity index is 3.75. The summed E-state index contributed by atoms with van der Waals surface area (Å²) in [6.45, 7) is 3.88. The van der Waals surface area contributed by atoms with Crippen molar-refractivity contribution in [2.45, 2.75) is 26.7 Å². The van der Waals surface area contributed by atoms with Crippen LogP contribution in [0.1, 0.15) is 26.7 Å². The summed E-state index contributed by atoms with van der Waals surface area (Å²) < 4.78 is 0. The van der Waals surface area contributed by atoms with E-state index in [9.17, 15) is 4.79 Å². The lowest BCUT2D eigenvalue weighted by atomic mass is 10.2. The molecule has 0 aromatic carbocycles. The summed E-state index contributed by atoms with van der Waals surface area (Å²) in [7, 11) is 1.81. The van der Waals surface area contributed by atoms with Crippen molar-refractivity contribution in [3.05, 3.63) is 11.8 Å². The zero-order chi connectivity index (χ0) is 7.98. The third-order valence-electron chi connectivity index (χ3n) is 1.27. The van der Waals surface area contributed by atoms with Gasteiger partial charge in [0.25, 0.3) is 0 Å². The Hall–Kier alpha value is -0.790. The Morgan fingerprint density at radius 1 is 1.60 bits per heavy atom. The highest BCUT2D eigenvalue weighted by atomic mass is 16.1. The van der Waals surface area contributed by atoms with E-state index in [1.165, 1.54) is 0 Å². The van der Waals surface area contributed by atoms with E-state index < -0.39 is 0 Å². The standard InChI is InChI=1S/C8H15NO/c1-4-5-8(10)6-7(2)9-3/h6,9H,4-5H2,1-3H3/b7-6-. The summed E-state index contributed by atoms with van der Waals surface area (Å²) in [4.78, 5) is 10.9. The van der Waals surface area contributed by atoms with Crippen LogP contribution in [0.15, 0.2) is 11.8 Å². The van der Waals surface area contributed by atoms with Gasteiger partial charge in [0.2, 0.25) is 0 Å². The fraction of sp³-hybridized carbons (Fsp3) is 0.625. The molecule has 0 aromatic heterocycles. The summed E-state index contributed by atoms with van der Waals surface area (Å²) in [5.74, 6) is 0.203. The molecule has 0 radical (unpaired) electrons. The fourth-order valence-electron chi connectivity index (χ4n) is 0.632. The van der Waals surface area contributed by atoms with Crippen LogP contribution in [0.4, 0.5) is 0 Å². The summed E-state index contributed by atoms with van der Waals surface area (Å²) >= 11 is 0. The monoisotopic (exact) mass is 141 g/mol. The first-order valence-corrected chi connectivity index (χ1v) is 3.59. The van der Waals surface area contributed by atoms with Gasteiger partial charge in [-0.05, 0) is 19.4 Å². The van der Waals surface area contributed by atoms with Crippen LogP contribution in [-0.4, -0.2) is 12.8 Å². The smallest absolute Gasteiger partial charge is 0.157 e. The van der Waals surface area contributed by atoms with Gasteiger partial charge in [0.15, 0.2) is 5.78 Å². The lowest BCUT2D eigenvalue weighted by molar-refractivity contribution is -0.114. The summed E-state index contributed by atoms with van der Waals surface area (Å²) in [5.41, 5.74) is 0.929. The molecule has 0 saturated heterocycles. The summed E-state index contributed by atoms with van der Waals surface area (Å²) in [6, 6.07) is 0. The average Bonchev–Trinajstić information content (AvgIpc) is 1.88. The van der Waals surface area contributed by atoms with Crippen LogP contribution < -0.4 is 5.32 Å². The molecule has 0 atom stereocenters. The molecule has 10 heavy (non-hydrogen) atoms. The van der Waals surface area contributed by atoms with Crippen LogP contribution in [0.5, 0.6) is 0 Å². The molecule has 2 heteroatoms. The van der Waals surface area contributed by atoms with E-state index in [1.54, 1.807) is 6.08 Å². The first-order chi connectivity index (χ1) is 4.70. The topological polar surface area (TPSA) is 29.1 Å². The molecule has 0 rings (SSSR count).